The van der Waals surface area contributed by atoms with Crippen LogP contribution >= 0.6 is 15.9 Å². The van der Waals surface area contributed by atoms with Gasteiger partial charge in [0.2, 0.25) is 5.95 Å². The molecule has 2 aromatic heterocycles. The molecule has 23 heavy (non-hydrogen) atoms. The van der Waals surface area contributed by atoms with Crippen LogP contribution in [0.1, 0.15) is 0 Å². The van der Waals surface area contributed by atoms with Crippen molar-refractivity contribution in [1.82, 2.24) is 19.9 Å². The molecule has 1 saturated heterocycles. The van der Waals surface area contributed by atoms with Crippen LogP contribution in [0.5, 0.6) is 0 Å². The summed E-state index contributed by atoms with van der Waals surface area (Å²) in [7, 11) is 0. The van der Waals surface area contributed by atoms with E-state index in [2.05, 4.69) is 40.8 Å². The van der Waals surface area contributed by atoms with E-state index in [-0.39, 0.29) is 5.82 Å². The summed E-state index contributed by atoms with van der Waals surface area (Å²) in [6.45, 7) is 2.96. The Labute approximate surface area is 139 Å². The van der Waals surface area contributed by atoms with Crippen molar-refractivity contribution in [2.24, 2.45) is 0 Å². The highest BCUT2D eigenvalue weighted by atomic mass is 79.9. The molecule has 3 aromatic rings. The minimum atomic E-state index is -0.327. The Morgan fingerprint density at radius 1 is 1.17 bits per heavy atom. The van der Waals surface area contributed by atoms with Crippen molar-refractivity contribution >= 4 is 32.9 Å². The van der Waals surface area contributed by atoms with E-state index in [0.29, 0.717) is 40.5 Å². The minimum Gasteiger partial charge on any atom is -0.378 e. The second-order valence-electron chi connectivity index (χ2n) is 5.24. The first-order valence-electron chi connectivity index (χ1n) is 7.20. The third-order valence-electron chi connectivity index (χ3n) is 3.73. The third-order valence-corrected chi connectivity index (χ3v) is 4.34. The van der Waals surface area contributed by atoms with Crippen molar-refractivity contribution in [2.75, 3.05) is 31.2 Å². The molecule has 4 rings (SSSR count). The number of nitrogens with one attached hydrogen (secondary N) is 1. The molecule has 1 aliphatic heterocycles. The lowest BCUT2D eigenvalue weighted by molar-refractivity contribution is 0.122. The van der Waals surface area contributed by atoms with Gasteiger partial charge in [0.1, 0.15) is 11.6 Å². The van der Waals surface area contributed by atoms with Crippen LogP contribution in [0.3, 0.4) is 0 Å². The highest BCUT2D eigenvalue weighted by molar-refractivity contribution is 9.10. The van der Waals surface area contributed by atoms with Crippen molar-refractivity contribution in [2.45, 2.75) is 0 Å². The van der Waals surface area contributed by atoms with Gasteiger partial charge in [0.15, 0.2) is 0 Å². The van der Waals surface area contributed by atoms with Gasteiger partial charge in [-0.3, -0.25) is 0 Å². The SMILES string of the molecule is Fc1cc2[nH]c(-c3cnc(N4CCOCC4)nc3)nc2cc1Br. The Bertz CT molecular complexity index is 806. The van der Waals surface area contributed by atoms with E-state index in [9.17, 15) is 4.39 Å². The fourth-order valence-electron chi connectivity index (χ4n) is 2.51. The maximum Gasteiger partial charge on any atom is 0.225 e. The normalized spacial score (nSPS) is 15.3. The fourth-order valence-corrected chi connectivity index (χ4v) is 2.84. The van der Waals surface area contributed by atoms with Crippen molar-refractivity contribution in [3.05, 3.63) is 34.8 Å². The van der Waals surface area contributed by atoms with Gasteiger partial charge in [-0.2, -0.15) is 0 Å². The second-order valence-corrected chi connectivity index (χ2v) is 6.09. The number of anilines is 1. The number of rotatable bonds is 2. The molecule has 1 fully saturated rings. The summed E-state index contributed by atoms with van der Waals surface area (Å²) in [6.07, 6.45) is 3.45. The summed E-state index contributed by atoms with van der Waals surface area (Å²) in [6, 6.07) is 3.06. The zero-order valence-corrected chi connectivity index (χ0v) is 13.7. The van der Waals surface area contributed by atoms with Crippen LogP contribution in [-0.2, 0) is 4.74 Å². The predicted molar refractivity (Wildman–Crippen MR) is 87.8 cm³/mol. The van der Waals surface area contributed by atoms with Crippen LogP contribution in [0.25, 0.3) is 22.4 Å². The van der Waals surface area contributed by atoms with Gasteiger partial charge in [-0.05, 0) is 22.0 Å². The monoisotopic (exact) mass is 377 g/mol. The molecule has 0 radical (unpaired) electrons. The number of H-pyrrole nitrogens is 1. The summed E-state index contributed by atoms with van der Waals surface area (Å²) >= 11 is 3.17. The molecule has 1 N–H and O–H groups in total. The first-order valence-corrected chi connectivity index (χ1v) is 8.00. The van der Waals surface area contributed by atoms with Crippen molar-refractivity contribution < 1.29 is 9.13 Å². The van der Waals surface area contributed by atoms with E-state index in [1.807, 2.05) is 0 Å². The summed E-state index contributed by atoms with van der Waals surface area (Å²) in [5, 5.41) is 0. The minimum absolute atomic E-state index is 0.327. The van der Waals surface area contributed by atoms with Crippen LogP contribution in [0.2, 0.25) is 0 Å². The number of aromatic amines is 1. The van der Waals surface area contributed by atoms with Crippen molar-refractivity contribution in [3.8, 4) is 11.4 Å². The molecular weight excluding hydrogens is 365 g/mol. The molecule has 6 nitrogen and oxygen atoms in total. The zero-order chi connectivity index (χ0) is 15.8. The number of morpholine rings is 1. The molecule has 0 bridgehead atoms. The number of benzene rings is 1. The number of fused-ring (bicyclic) bond motifs is 1. The Kier molecular flexibility index (Phi) is 3.70. The third kappa shape index (κ3) is 2.79. The fraction of sp³-hybridized carbons (Fsp3) is 0.267. The van der Waals surface area contributed by atoms with E-state index >= 15 is 0 Å². The second kappa shape index (κ2) is 5.86. The zero-order valence-electron chi connectivity index (χ0n) is 12.1. The lowest BCUT2D eigenvalue weighted by Gasteiger charge is -2.26. The number of imidazole rings is 1. The standard InChI is InChI=1S/C15H13BrFN5O/c16-10-5-12-13(6-11(10)17)21-14(20-12)9-7-18-15(19-8-9)22-1-3-23-4-2-22/h5-8H,1-4H2,(H,20,21). The maximum absolute atomic E-state index is 13.6. The number of aromatic nitrogens is 4. The number of ether oxygens (including phenoxy) is 1. The van der Waals surface area contributed by atoms with Gasteiger partial charge in [0.05, 0.1) is 34.3 Å². The van der Waals surface area contributed by atoms with Crippen LogP contribution in [0.15, 0.2) is 29.0 Å². The molecular formula is C15H13BrFN5O. The van der Waals surface area contributed by atoms with Crippen LogP contribution in [-0.4, -0.2) is 46.2 Å². The molecule has 3 heterocycles. The largest absolute Gasteiger partial charge is 0.378 e. The van der Waals surface area contributed by atoms with E-state index < -0.39 is 0 Å². The average molecular weight is 378 g/mol. The molecule has 0 saturated carbocycles. The summed E-state index contributed by atoms with van der Waals surface area (Å²) in [5.74, 6) is 0.972. The summed E-state index contributed by atoms with van der Waals surface area (Å²) < 4.78 is 19.3. The van der Waals surface area contributed by atoms with Gasteiger partial charge in [0, 0.05) is 31.5 Å². The summed E-state index contributed by atoms with van der Waals surface area (Å²) in [5.41, 5.74) is 2.08. The van der Waals surface area contributed by atoms with Gasteiger partial charge >= 0.3 is 0 Å². The molecule has 118 valence electrons. The Hall–Kier alpha value is -2.06. The quantitative estimate of drug-likeness (QED) is 0.743. The maximum atomic E-state index is 13.6. The van der Waals surface area contributed by atoms with Gasteiger partial charge in [-0.25, -0.2) is 19.3 Å². The molecule has 0 unspecified atom stereocenters. The smallest absolute Gasteiger partial charge is 0.225 e. The van der Waals surface area contributed by atoms with E-state index in [4.69, 9.17) is 4.74 Å². The molecule has 1 aromatic carbocycles. The van der Waals surface area contributed by atoms with Gasteiger partial charge in [-0.1, -0.05) is 0 Å². The highest BCUT2D eigenvalue weighted by Gasteiger charge is 2.14. The molecule has 0 amide bonds. The number of nitrogens with zero attached hydrogens (tertiary/aromatic N) is 4. The average Bonchev–Trinajstić information content (AvgIpc) is 2.99. The first kappa shape index (κ1) is 14.5. The molecule has 1 aliphatic rings. The number of hydrogen-bond acceptors (Lipinski definition) is 5. The Morgan fingerprint density at radius 2 is 1.91 bits per heavy atom. The van der Waals surface area contributed by atoms with E-state index in [1.165, 1.54) is 6.07 Å². The van der Waals surface area contributed by atoms with Gasteiger partial charge < -0.3 is 14.6 Å². The van der Waals surface area contributed by atoms with Crippen LogP contribution in [0, 0.1) is 5.82 Å². The van der Waals surface area contributed by atoms with Crippen molar-refractivity contribution in [3.63, 3.8) is 0 Å². The Balaban J connectivity index is 1.65. The van der Waals surface area contributed by atoms with Crippen LogP contribution < -0.4 is 4.90 Å². The van der Waals surface area contributed by atoms with E-state index in [1.54, 1.807) is 18.5 Å². The molecule has 0 atom stereocenters. The lowest BCUT2D eigenvalue weighted by atomic mass is 10.3. The number of hydrogen-bond donors (Lipinski definition) is 1. The topological polar surface area (TPSA) is 66.9 Å². The van der Waals surface area contributed by atoms with Crippen LogP contribution in [0.4, 0.5) is 10.3 Å². The first-order chi connectivity index (χ1) is 11.2. The van der Waals surface area contributed by atoms with Gasteiger partial charge in [-0.15, -0.1) is 0 Å². The van der Waals surface area contributed by atoms with Gasteiger partial charge in [0.25, 0.3) is 0 Å². The lowest BCUT2D eigenvalue weighted by Crippen LogP contribution is -2.37. The van der Waals surface area contributed by atoms with Crippen molar-refractivity contribution in [1.29, 1.82) is 0 Å². The highest BCUT2D eigenvalue weighted by Crippen LogP contribution is 2.25. The number of halogens is 2. The molecule has 0 spiro atoms. The summed E-state index contributed by atoms with van der Waals surface area (Å²) in [4.78, 5) is 18.4. The molecule has 8 heteroatoms. The predicted octanol–water partition coefficient (Wildman–Crippen LogP) is 2.76. The Morgan fingerprint density at radius 3 is 2.65 bits per heavy atom. The molecule has 0 aliphatic carbocycles. The van der Waals surface area contributed by atoms with E-state index in [0.717, 1.165) is 18.7 Å².